The zero-order valence-electron chi connectivity index (χ0n) is 46.2. The summed E-state index contributed by atoms with van der Waals surface area (Å²) in [5.41, 5.74) is 36.6. The molecule has 0 amide bonds. The molecule has 0 saturated carbocycles. The summed E-state index contributed by atoms with van der Waals surface area (Å²) in [6.45, 7) is 28.0. The van der Waals surface area contributed by atoms with Crippen LogP contribution in [0.2, 0.25) is 0 Å². The second-order valence-corrected chi connectivity index (χ2v) is 25.5. The lowest BCUT2D eigenvalue weighted by atomic mass is 9.81. The molecule has 0 unspecified atom stereocenters. The molecule has 10 aromatic rings. The molecule has 0 atom stereocenters. The van der Waals surface area contributed by atoms with Crippen molar-refractivity contribution in [3.05, 3.63) is 249 Å². The second kappa shape index (κ2) is 18.8. The standard InChI is InChI=1S/C74H66P2/c1-43-21-17-22-44(2)67(43)59-37-53(51-33-35-57-55-29-13-15-31-63(55)73(9,10)65(57)41-51)38-60(68-45(3)23-18-24-46(68)4)71(59)75-76-72-61(69-47(5)25-19-26-48(69)6)39-54(40-62(72)70-49(7)27-20-28-50(70)8)52-34-36-58-56-30-14-16-32-64(56)74(11,12)66(58)42-52/h13-42H,1-12H3. The van der Waals surface area contributed by atoms with Crippen LogP contribution in [0.25, 0.3) is 89.0 Å². The zero-order chi connectivity index (χ0) is 52.9. The Kier molecular flexibility index (Phi) is 12.3. The van der Waals surface area contributed by atoms with Gasteiger partial charge in [0, 0.05) is 21.4 Å². The average Bonchev–Trinajstić information content (AvgIpc) is 3.78. The lowest BCUT2D eigenvalue weighted by Crippen LogP contribution is -2.15. The summed E-state index contributed by atoms with van der Waals surface area (Å²) >= 11 is 0. The molecule has 0 aliphatic heterocycles. The molecule has 0 nitrogen and oxygen atoms in total. The van der Waals surface area contributed by atoms with E-state index in [2.05, 4.69) is 265 Å². The van der Waals surface area contributed by atoms with E-state index in [1.807, 2.05) is 0 Å². The minimum atomic E-state index is -0.108. The summed E-state index contributed by atoms with van der Waals surface area (Å²) in [5, 5.41) is 2.72. The van der Waals surface area contributed by atoms with E-state index in [4.69, 9.17) is 0 Å². The molecule has 0 radical (unpaired) electrons. The Bertz CT molecular complexity index is 3590. The van der Waals surface area contributed by atoms with Gasteiger partial charge in [0.1, 0.15) is 0 Å². The lowest BCUT2D eigenvalue weighted by Gasteiger charge is -2.24. The first-order valence-electron chi connectivity index (χ1n) is 27.1. The molecule has 0 fully saturated rings. The van der Waals surface area contributed by atoms with E-state index in [9.17, 15) is 0 Å². The number of aryl methyl sites for hydroxylation is 8. The van der Waals surface area contributed by atoms with Crippen LogP contribution >= 0.6 is 15.7 Å². The van der Waals surface area contributed by atoms with Gasteiger partial charge in [0.25, 0.3) is 0 Å². The fourth-order valence-corrected chi connectivity index (χ4v) is 16.6. The highest BCUT2D eigenvalue weighted by Crippen LogP contribution is 2.52. The third kappa shape index (κ3) is 8.03. The van der Waals surface area contributed by atoms with E-state index in [1.54, 1.807) is 0 Å². The summed E-state index contributed by atoms with van der Waals surface area (Å²) < 4.78 is 0. The van der Waals surface area contributed by atoms with Gasteiger partial charge in [-0.2, -0.15) is 0 Å². The Hall–Kier alpha value is -7.20. The third-order valence-electron chi connectivity index (χ3n) is 17.3. The Morgan fingerprint density at radius 3 is 0.789 bits per heavy atom. The van der Waals surface area contributed by atoms with E-state index in [0.29, 0.717) is 0 Å². The topological polar surface area (TPSA) is 0 Å². The molecule has 0 bridgehead atoms. The summed E-state index contributed by atoms with van der Waals surface area (Å²) in [4.78, 5) is 0. The maximum Gasteiger partial charge on any atom is 0.0221 e. The number of fused-ring (bicyclic) bond motifs is 6. The van der Waals surface area contributed by atoms with Gasteiger partial charge in [-0.25, -0.2) is 0 Å². The van der Waals surface area contributed by atoms with Crippen LogP contribution in [-0.4, -0.2) is 0 Å². The van der Waals surface area contributed by atoms with Gasteiger partial charge in [0.15, 0.2) is 0 Å². The minimum Gasteiger partial charge on any atom is -0.0619 e. The Morgan fingerprint density at radius 1 is 0.237 bits per heavy atom. The molecule has 10 aromatic carbocycles. The molecule has 76 heavy (non-hydrogen) atoms. The van der Waals surface area contributed by atoms with Gasteiger partial charge in [-0.05, 0) is 263 Å². The van der Waals surface area contributed by atoms with Crippen molar-refractivity contribution in [2.75, 3.05) is 0 Å². The first-order valence-corrected chi connectivity index (χ1v) is 29.6. The quantitative estimate of drug-likeness (QED) is 0.133. The van der Waals surface area contributed by atoms with Gasteiger partial charge in [0.2, 0.25) is 0 Å². The monoisotopic (exact) mass is 1020 g/mol. The molecular formula is C74H66P2. The minimum absolute atomic E-state index is 0.108. The Balaban J connectivity index is 1.16. The van der Waals surface area contributed by atoms with Crippen molar-refractivity contribution < 1.29 is 0 Å². The predicted molar refractivity (Wildman–Crippen MR) is 332 cm³/mol. The van der Waals surface area contributed by atoms with Crippen molar-refractivity contribution in [1.29, 1.82) is 0 Å². The van der Waals surface area contributed by atoms with Crippen LogP contribution in [0.5, 0.6) is 0 Å². The van der Waals surface area contributed by atoms with Crippen LogP contribution in [0.15, 0.2) is 182 Å². The maximum absolute atomic E-state index is 2.54. The molecule has 0 spiro atoms. The lowest BCUT2D eigenvalue weighted by molar-refractivity contribution is 0.660. The van der Waals surface area contributed by atoms with Crippen LogP contribution in [0.3, 0.4) is 0 Å². The summed E-state index contributed by atoms with van der Waals surface area (Å²) in [7, 11) is 2.42. The maximum atomic E-state index is 2.54. The first kappa shape index (κ1) is 49.7. The van der Waals surface area contributed by atoms with Crippen molar-refractivity contribution in [2.45, 2.75) is 93.9 Å². The van der Waals surface area contributed by atoms with Crippen molar-refractivity contribution >= 4 is 26.3 Å². The van der Waals surface area contributed by atoms with E-state index in [0.717, 1.165) is 0 Å². The number of hydrogen-bond donors (Lipinski definition) is 0. The predicted octanol–water partition coefficient (Wildman–Crippen LogP) is 20.5. The van der Waals surface area contributed by atoms with E-state index in [1.165, 1.54) is 182 Å². The highest BCUT2D eigenvalue weighted by molar-refractivity contribution is 7.91. The van der Waals surface area contributed by atoms with Crippen molar-refractivity contribution in [3.8, 4) is 89.0 Å². The van der Waals surface area contributed by atoms with Crippen LogP contribution < -0.4 is 10.6 Å². The number of hydrogen-bond acceptors (Lipinski definition) is 0. The molecule has 0 N–H and O–H groups in total. The molecule has 0 aromatic heterocycles. The highest BCUT2D eigenvalue weighted by Gasteiger charge is 2.37. The molecule has 2 aliphatic carbocycles. The normalized spacial score (nSPS) is 13.7. The molecule has 2 heteroatoms. The van der Waals surface area contributed by atoms with Gasteiger partial charge >= 0.3 is 0 Å². The van der Waals surface area contributed by atoms with E-state index >= 15 is 0 Å². The fourth-order valence-electron chi connectivity index (χ4n) is 13.4. The average molecular weight is 1020 g/mol. The molecule has 0 heterocycles. The summed E-state index contributed by atoms with van der Waals surface area (Å²) in [6.07, 6.45) is 0. The van der Waals surface area contributed by atoms with Gasteiger partial charge in [0.05, 0.1) is 0 Å². The summed E-state index contributed by atoms with van der Waals surface area (Å²) in [5.74, 6) is 0. The number of benzene rings is 10. The SMILES string of the molecule is Cc1cccc(C)c1-c1cc(-c2ccc3c(c2)C(C)(C)c2ccccc2-3)cc(-c2c(C)cccc2C)c1P=Pc1c(-c2c(C)cccc2C)cc(-c2ccc3c(c2)C(C)(C)c2ccccc2-3)cc1-c1c(C)cccc1C. The van der Waals surface area contributed by atoms with Crippen molar-refractivity contribution in [2.24, 2.45) is 0 Å². The van der Waals surface area contributed by atoms with Crippen molar-refractivity contribution in [3.63, 3.8) is 0 Å². The first-order chi connectivity index (χ1) is 36.5. The number of rotatable bonds is 8. The zero-order valence-corrected chi connectivity index (χ0v) is 48.0. The molecular weight excluding hydrogens is 951 g/mol. The van der Waals surface area contributed by atoms with Crippen LogP contribution in [-0.2, 0) is 10.8 Å². The van der Waals surface area contributed by atoms with Crippen molar-refractivity contribution in [1.82, 2.24) is 0 Å². The smallest absolute Gasteiger partial charge is 0.0221 e. The fraction of sp³-hybridized carbons (Fsp3) is 0.189. The van der Waals surface area contributed by atoms with Crippen LogP contribution in [0.4, 0.5) is 0 Å². The second-order valence-electron chi connectivity index (χ2n) is 23.0. The van der Waals surface area contributed by atoms with Gasteiger partial charge in [-0.1, -0.05) is 173 Å². The largest absolute Gasteiger partial charge is 0.0619 e. The third-order valence-corrected chi connectivity index (χ3v) is 20.3. The van der Waals surface area contributed by atoms with Gasteiger partial charge < -0.3 is 0 Å². The molecule has 12 rings (SSSR count). The van der Waals surface area contributed by atoms with Gasteiger partial charge in [-0.15, -0.1) is 0 Å². The highest BCUT2D eigenvalue weighted by atomic mass is 31.7. The van der Waals surface area contributed by atoms with Crippen LogP contribution in [0, 0.1) is 55.4 Å². The van der Waals surface area contributed by atoms with E-state index in [-0.39, 0.29) is 10.8 Å². The van der Waals surface area contributed by atoms with Crippen LogP contribution in [0.1, 0.15) is 94.5 Å². The summed E-state index contributed by atoms with van der Waals surface area (Å²) in [6, 6.07) is 69.9. The van der Waals surface area contributed by atoms with Gasteiger partial charge in [-0.3, -0.25) is 0 Å². The van der Waals surface area contributed by atoms with E-state index < -0.39 is 0 Å². The molecule has 372 valence electrons. The Labute approximate surface area is 455 Å². The molecule has 2 aliphatic rings. The Morgan fingerprint density at radius 2 is 0.500 bits per heavy atom. The molecule has 0 saturated heterocycles.